The van der Waals surface area contributed by atoms with Crippen molar-refractivity contribution in [3.8, 4) is 22.5 Å². The summed E-state index contributed by atoms with van der Waals surface area (Å²) in [6.45, 7) is 0. The molecule has 4 aromatic rings. The van der Waals surface area contributed by atoms with Crippen molar-refractivity contribution in [2.45, 2.75) is 0 Å². The average Bonchev–Trinajstić information content (AvgIpc) is 3.22. The molecule has 0 radical (unpaired) electrons. The van der Waals surface area contributed by atoms with E-state index < -0.39 is 18.8 Å². The van der Waals surface area contributed by atoms with Gasteiger partial charge in [-0.25, -0.2) is 13.8 Å². The number of nitrogens with one attached hydrogen (secondary N) is 1. The summed E-state index contributed by atoms with van der Waals surface area (Å²) >= 11 is 0. The van der Waals surface area contributed by atoms with Gasteiger partial charge in [0.25, 0.3) is 0 Å². The zero-order valence-electron chi connectivity index (χ0n) is 12.6. The summed E-state index contributed by atoms with van der Waals surface area (Å²) in [7, 11) is -1.69. The number of pyridine rings is 1. The van der Waals surface area contributed by atoms with Crippen LogP contribution in [0.1, 0.15) is 0 Å². The highest BCUT2D eigenvalue weighted by Crippen LogP contribution is 2.36. The van der Waals surface area contributed by atoms with Gasteiger partial charge in [0.1, 0.15) is 5.65 Å². The molecule has 0 aliphatic heterocycles. The smallest absolute Gasteiger partial charge is 0.423 e. The molecule has 1 aromatic carbocycles. The van der Waals surface area contributed by atoms with Crippen LogP contribution in [0.25, 0.3) is 33.5 Å². The predicted octanol–water partition coefficient (Wildman–Crippen LogP) is 1.84. The van der Waals surface area contributed by atoms with Crippen molar-refractivity contribution in [1.29, 1.82) is 0 Å². The maximum atomic E-state index is 14.1. The second kappa shape index (κ2) is 5.80. The zero-order chi connectivity index (χ0) is 17.6. The summed E-state index contributed by atoms with van der Waals surface area (Å²) in [5.41, 5.74) is 1.43. The van der Waals surface area contributed by atoms with E-state index in [1.807, 2.05) is 0 Å². The van der Waals surface area contributed by atoms with E-state index in [1.54, 1.807) is 6.20 Å². The third-order valence-electron chi connectivity index (χ3n) is 3.91. The van der Waals surface area contributed by atoms with Gasteiger partial charge in [0, 0.05) is 34.4 Å². The molecule has 3 N–H and O–H groups in total. The number of nitrogens with zero attached hydrogens (tertiary/aromatic N) is 2. The lowest BCUT2D eigenvalue weighted by Crippen LogP contribution is -2.29. The highest BCUT2D eigenvalue weighted by molar-refractivity contribution is 6.58. The highest BCUT2D eigenvalue weighted by Gasteiger charge is 2.22. The first kappa shape index (κ1) is 15.5. The second-order valence-corrected chi connectivity index (χ2v) is 5.41. The largest absolute Gasteiger partial charge is 0.490 e. The van der Waals surface area contributed by atoms with E-state index in [0.717, 1.165) is 6.07 Å². The van der Waals surface area contributed by atoms with Crippen LogP contribution in [0, 0.1) is 11.6 Å². The number of benzene rings is 1. The fraction of sp³-hybridized carbons (Fsp3) is 0. The zero-order valence-corrected chi connectivity index (χ0v) is 12.6. The molecule has 0 bridgehead atoms. The number of hydrogen-bond donors (Lipinski definition) is 3. The maximum absolute atomic E-state index is 14.1. The predicted molar refractivity (Wildman–Crippen MR) is 86.8 cm³/mol. The van der Waals surface area contributed by atoms with Gasteiger partial charge in [-0.1, -0.05) is 17.3 Å². The number of aromatic nitrogens is 3. The van der Waals surface area contributed by atoms with E-state index in [-0.39, 0.29) is 22.3 Å². The standard InChI is InChI=1S/C16H10BF2N3O3/c18-13-3-1-2-9(14(13)19)12-7-22-25-15(12)11-6-21-16-10(11)4-8(5-20-16)17(23)24/h1-7,23-24H,(H,20,21). The Hall–Kier alpha value is -3.04. The molecule has 0 fully saturated rings. The van der Waals surface area contributed by atoms with Crippen LogP contribution in [-0.2, 0) is 0 Å². The van der Waals surface area contributed by atoms with Crippen molar-refractivity contribution in [3.63, 3.8) is 0 Å². The molecule has 3 heterocycles. The van der Waals surface area contributed by atoms with Gasteiger partial charge in [0.2, 0.25) is 0 Å². The summed E-state index contributed by atoms with van der Waals surface area (Å²) in [6.07, 6.45) is 4.19. The molecule has 0 amide bonds. The SMILES string of the molecule is OB(O)c1cnc2[nH]cc(-c3oncc3-c3cccc(F)c3F)c2c1. The summed E-state index contributed by atoms with van der Waals surface area (Å²) in [5.74, 6) is -1.77. The van der Waals surface area contributed by atoms with Gasteiger partial charge in [-0.3, -0.25) is 0 Å². The van der Waals surface area contributed by atoms with Crippen LogP contribution >= 0.6 is 0 Å². The lowest BCUT2D eigenvalue weighted by atomic mass is 9.81. The van der Waals surface area contributed by atoms with Crippen molar-refractivity contribution in [3.05, 3.63) is 54.5 Å². The normalized spacial score (nSPS) is 11.2. The van der Waals surface area contributed by atoms with E-state index in [0.29, 0.717) is 16.6 Å². The Kier molecular flexibility index (Phi) is 3.59. The van der Waals surface area contributed by atoms with Gasteiger partial charge in [0.15, 0.2) is 17.4 Å². The number of rotatable bonds is 3. The molecular formula is C16H10BF2N3O3. The van der Waals surface area contributed by atoms with Crippen LogP contribution in [0.5, 0.6) is 0 Å². The number of halogens is 2. The Bertz CT molecular complexity index is 1080. The number of H-pyrrole nitrogens is 1. The first-order chi connectivity index (χ1) is 12.1. The van der Waals surface area contributed by atoms with Crippen LogP contribution in [0.4, 0.5) is 8.78 Å². The first-order valence-corrected chi connectivity index (χ1v) is 7.29. The monoisotopic (exact) mass is 341 g/mol. The molecule has 0 aliphatic carbocycles. The van der Waals surface area contributed by atoms with Crippen LogP contribution in [0.3, 0.4) is 0 Å². The van der Waals surface area contributed by atoms with Crippen LogP contribution in [0.15, 0.2) is 47.4 Å². The van der Waals surface area contributed by atoms with Gasteiger partial charge < -0.3 is 19.6 Å². The summed E-state index contributed by atoms with van der Waals surface area (Å²) in [5, 5.41) is 22.9. The summed E-state index contributed by atoms with van der Waals surface area (Å²) in [6, 6.07) is 5.36. The maximum Gasteiger partial charge on any atom is 0.490 e. The first-order valence-electron chi connectivity index (χ1n) is 7.29. The van der Waals surface area contributed by atoms with Gasteiger partial charge in [0.05, 0.1) is 11.8 Å². The van der Waals surface area contributed by atoms with E-state index in [9.17, 15) is 18.8 Å². The fourth-order valence-corrected chi connectivity index (χ4v) is 2.69. The average molecular weight is 341 g/mol. The van der Waals surface area contributed by atoms with Crippen LogP contribution in [-0.4, -0.2) is 32.3 Å². The van der Waals surface area contributed by atoms with Crippen molar-refractivity contribution in [2.24, 2.45) is 0 Å². The van der Waals surface area contributed by atoms with Crippen molar-refractivity contribution < 1.29 is 23.4 Å². The molecule has 25 heavy (non-hydrogen) atoms. The Morgan fingerprint density at radius 2 is 1.92 bits per heavy atom. The molecule has 0 saturated heterocycles. The summed E-state index contributed by atoms with van der Waals surface area (Å²) < 4.78 is 32.9. The quantitative estimate of drug-likeness (QED) is 0.494. The van der Waals surface area contributed by atoms with Gasteiger partial charge in [-0.05, 0) is 12.1 Å². The van der Waals surface area contributed by atoms with Crippen LogP contribution < -0.4 is 5.46 Å². The molecule has 4 rings (SSSR count). The van der Waals surface area contributed by atoms with E-state index >= 15 is 0 Å². The Morgan fingerprint density at radius 1 is 1.08 bits per heavy atom. The van der Waals surface area contributed by atoms with E-state index in [2.05, 4.69) is 15.1 Å². The molecule has 0 spiro atoms. The lowest BCUT2D eigenvalue weighted by molar-refractivity contribution is 0.425. The van der Waals surface area contributed by atoms with Crippen LogP contribution in [0.2, 0.25) is 0 Å². The third kappa shape index (κ3) is 2.50. The lowest BCUT2D eigenvalue weighted by Gasteiger charge is -2.04. The second-order valence-electron chi connectivity index (χ2n) is 5.41. The molecule has 0 aliphatic rings. The number of aromatic amines is 1. The van der Waals surface area contributed by atoms with Gasteiger partial charge >= 0.3 is 7.12 Å². The van der Waals surface area contributed by atoms with Gasteiger partial charge in [-0.2, -0.15) is 0 Å². The molecule has 124 valence electrons. The van der Waals surface area contributed by atoms with E-state index in [4.69, 9.17) is 4.52 Å². The van der Waals surface area contributed by atoms with Crippen molar-refractivity contribution in [1.82, 2.24) is 15.1 Å². The minimum atomic E-state index is -1.69. The Morgan fingerprint density at radius 3 is 2.72 bits per heavy atom. The van der Waals surface area contributed by atoms with Gasteiger partial charge in [-0.15, -0.1) is 0 Å². The summed E-state index contributed by atoms with van der Waals surface area (Å²) in [4.78, 5) is 7.01. The number of fused-ring (bicyclic) bond motifs is 1. The van der Waals surface area contributed by atoms with Crippen molar-refractivity contribution >= 4 is 23.6 Å². The Labute approximate surface area is 139 Å². The molecule has 9 heteroatoms. The third-order valence-corrected chi connectivity index (χ3v) is 3.91. The minimum Gasteiger partial charge on any atom is -0.423 e. The Balaban J connectivity index is 1.93. The molecule has 6 nitrogen and oxygen atoms in total. The topological polar surface area (TPSA) is 95.2 Å². The minimum absolute atomic E-state index is 0.0110. The molecule has 0 atom stereocenters. The van der Waals surface area contributed by atoms with Crippen molar-refractivity contribution in [2.75, 3.05) is 0 Å². The fourth-order valence-electron chi connectivity index (χ4n) is 2.69. The highest BCUT2D eigenvalue weighted by atomic mass is 19.2. The number of hydrogen-bond acceptors (Lipinski definition) is 5. The molecular weight excluding hydrogens is 331 g/mol. The molecule has 0 saturated carbocycles. The molecule has 3 aromatic heterocycles. The molecule has 0 unspecified atom stereocenters. The van der Waals surface area contributed by atoms with E-state index in [1.165, 1.54) is 30.6 Å².